The standard InChI is InChI=1S/C10H12Cl2N3O2/c1-5(2)9(15(13)10(16)17)6-3-7(11)14-8(12)4-6/h3-4,9H,13H2,1-2H3,(H,16,17). The molecule has 0 aliphatic carbocycles. The molecule has 1 atom stereocenters. The van der Waals surface area contributed by atoms with Crippen LogP contribution in [0.3, 0.4) is 0 Å². The van der Waals surface area contributed by atoms with Gasteiger partial charge in [0, 0.05) is 0 Å². The third-order valence-electron chi connectivity index (χ3n) is 2.15. The molecule has 0 saturated carbocycles. The van der Waals surface area contributed by atoms with Crippen LogP contribution in [0.15, 0.2) is 12.1 Å². The fraction of sp³-hybridized carbons (Fsp3) is 0.300. The van der Waals surface area contributed by atoms with Crippen LogP contribution < -0.4 is 5.84 Å². The number of nitrogens with zero attached hydrogens (tertiary/aromatic N) is 2. The van der Waals surface area contributed by atoms with Crippen LogP contribution in [0.25, 0.3) is 0 Å². The summed E-state index contributed by atoms with van der Waals surface area (Å²) in [6.45, 7) is 3.55. The predicted octanol–water partition coefficient (Wildman–Crippen LogP) is 2.90. The maximum Gasteiger partial charge on any atom is 0.422 e. The van der Waals surface area contributed by atoms with E-state index in [1.165, 1.54) is 12.1 Å². The van der Waals surface area contributed by atoms with Crippen molar-refractivity contribution in [2.24, 2.45) is 5.84 Å². The highest BCUT2D eigenvalue weighted by molar-refractivity contribution is 6.32. The number of rotatable bonds is 3. The monoisotopic (exact) mass is 276 g/mol. The summed E-state index contributed by atoms with van der Waals surface area (Å²) >= 11 is 11.5. The van der Waals surface area contributed by atoms with Crippen molar-refractivity contribution < 1.29 is 9.90 Å². The highest BCUT2D eigenvalue weighted by atomic mass is 35.5. The molecule has 0 aromatic carbocycles. The van der Waals surface area contributed by atoms with Gasteiger partial charge in [0.25, 0.3) is 0 Å². The molecule has 1 amide bonds. The third kappa shape index (κ3) is 3.46. The number of carbonyl (C=O) groups is 1. The van der Waals surface area contributed by atoms with E-state index in [0.717, 1.165) is 5.92 Å². The molecule has 1 radical (unpaired) electrons. The molecule has 1 heterocycles. The molecule has 0 spiro atoms. The number of carboxylic acid groups (broad SMARTS) is 1. The van der Waals surface area contributed by atoms with Crippen molar-refractivity contribution in [1.82, 2.24) is 9.99 Å². The van der Waals surface area contributed by atoms with Crippen LogP contribution >= 0.6 is 23.2 Å². The summed E-state index contributed by atoms with van der Waals surface area (Å²) in [6.07, 6.45) is -1.24. The Hall–Kier alpha value is -1.04. The lowest BCUT2D eigenvalue weighted by molar-refractivity contribution is 0.127. The first kappa shape index (κ1) is 14.0. The molecule has 7 heteroatoms. The van der Waals surface area contributed by atoms with Gasteiger partial charge < -0.3 is 5.11 Å². The molecule has 1 aromatic heterocycles. The quantitative estimate of drug-likeness (QED) is 0.385. The molecule has 5 nitrogen and oxygen atoms in total. The molecule has 1 aromatic rings. The first-order chi connectivity index (χ1) is 7.82. The van der Waals surface area contributed by atoms with Crippen molar-refractivity contribution in [2.75, 3.05) is 0 Å². The van der Waals surface area contributed by atoms with Crippen molar-refractivity contribution >= 4 is 29.3 Å². The minimum atomic E-state index is -1.24. The third-order valence-corrected chi connectivity index (χ3v) is 2.53. The van der Waals surface area contributed by atoms with Crippen LogP contribution in [-0.2, 0) is 0 Å². The lowest BCUT2D eigenvalue weighted by Crippen LogP contribution is -2.41. The van der Waals surface area contributed by atoms with E-state index in [1.807, 2.05) is 0 Å². The summed E-state index contributed by atoms with van der Waals surface area (Å²) in [5.41, 5.74) is 0.583. The van der Waals surface area contributed by atoms with E-state index in [-0.39, 0.29) is 10.3 Å². The van der Waals surface area contributed by atoms with E-state index in [0.29, 0.717) is 10.6 Å². The number of amides is 1. The average Bonchev–Trinajstić information content (AvgIpc) is 2.15. The summed E-state index contributed by atoms with van der Waals surface area (Å²) in [5.74, 6) is 6.30. The second-order valence-corrected chi connectivity index (χ2v) is 4.49. The Bertz CT molecular complexity index is 406. The van der Waals surface area contributed by atoms with Gasteiger partial charge in [0.15, 0.2) is 0 Å². The molecule has 1 rings (SSSR count). The average molecular weight is 277 g/mol. The normalized spacial score (nSPS) is 12.6. The zero-order chi connectivity index (χ0) is 13.2. The minimum Gasteiger partial charge on any atom is -0.464 e. The smallest absolute Gasteiger partial charge is 0.422 e. The van der Waals surface area contributed by atoms with E-state index in [9.17, 15) is 4.79 Å². The van der Waals surface area contributed by atoms with Crippen molar-refractivity contribution in [3.8, 4) is 0 Å². The van der Waals surface area contributed by atoms with Crippen LogP contribution in [0, 0.1) is 5.92 Å². The van der Waals surface area contributed by atoms with E-state index in [1.54, 1.807) is 13.8 Å². The highest BCUT2D eigenvalue weighted by Gasteiger charge is 2.26. The van der Waals surface area contributed by atoms with Crippen molar-refractivity contribution in [2.45, 2.75) is 19.9 Å². The predicted molar refractivity (Wildman–Crippen MR) is 65.6 cm³/mol. The van der Waals surface area contributed by atoms with Gasteiger partial charge in [0.1, 0.15) is 10.3 Å². The van der Waals surface area contributed by atoms with E-state index < -0.39 is 12.1 Å². The number of nitrogens with two attached hydrogens (primary N) is 1. The maximum absolute atomic E-state index is 10.9. The molecule has 0 aliphatic rings. The van der Waals surface area contributed by atoms with Gasteiger partial charge in [-0.3, -0.25) is 0 Å². The van der Waals surface area contributed by atoms with Crippen molar-refractivity contribution in [1.29, 1.82) is 0 Å². The molecule has 0 bridgehead atoms. The zero-order valence-electron chi connectivity index (χ0n) is 9.32. The lowest BCUT2D eigenvalue weighted by Gasteiger charge is -2.28. The van der Waals surface area contributed by atoms with Gasteiger partial charge in [-0.2, -0.15) is 0 Å². The molecule has 93 valence electrons. The van der Waals surface area contributed by atoms with Gasteiger partial charge in [-0.05, 0) is 23.6 Å². The van der Waals surface area contributed by atoms with Crippen molar-refractivity contribution in [3.05, 3.63) is 33.9 Å². The number of halogens is 2. The maximum atomic E-state index is 10.9. The van der Waals surface area contributed by atoms with Crippen LogP contribution in [0.5, 0.6) is 0 Å². The van der Waals surface area contributed by atoms with Gasteiger partial charge in [-0.1, -0.05) is 37.0 Å². The highest BCUT2D eigenvalue weighted by Crippen LogP contribution is 2.30. The molecule has 0 saturated heterocycles. The van der Waals surface area contributed by atoms with E-state index in [2.05, 4.69) is 4.98 Å². The molecular weight excluding hydrogens is 265 g/mol. The molecule has 3 N–H and O–H groups in total. The first-order valence-electron chi connectivity index (χ1n) is 4.72. The Labute approximate surface area is 109 Å². The Balaban J connectivity index is 3.18. The fourth-order valence-corrected chi connectivity index (χ4v) is 2.00. The number of aromatic nitrogens is 1. The summed E-state index contributed by atoms with van der Waals surface area (Å²) < 4.78 is 0. The Kier molecular flexibility index (Phi) is 4.56. The Morgan fingerprint density at radius 1 is 1.41 bits per heavy atom. The second kappa shape index (κ2) is 5.53. The fourth-order valence-electron chi connectivity index (χ4n) is 1.52. The van der Waals surface area contributed by atoms with Gasteiger partial charge in [-0.15, -0.1) is 0 Å². The molecule has 0 fully saturated rings. The zero-order valence-corrected chi connectivity index (χ0v) is 10.8. The van der Waals surface area contributed by atoms with Crippen LogP contribution in [0.4, 0.5) is 4.79 Å². The number of pyridine rings is 1. The van der Waals surface area contributed by atoms with Gasteiger partial charge >= 0.3 is 6.09 Å². The SMILES string of the molecule is C[C](C)C(c1cc(Cl)nc(Cl)c1)N(N)C(=O)O. The van der Waals surface area contributed by atoms with Crippen LogP contribution in [0.1, 0.15) is 25.5 Å². The molecule has 1 unspecified atom stereocenters. The number of hydrazine groups is 1. The number of hydrogen-bond acceptors (Lipinski definition) is 3. The Morgan fingerprint density at radius 3 is 2.24 bits per heavy atom. The van der Waals surface area contributed by atoms with Crippen molar-refractivity contribution in [3.63, 3.8) is 0 Å². The second-order valence-electron chi connectivity index (χ2n) is 3.72. The molecule has 0 aliphatic heterocycles. The van der Waals surface area contributed by atoms with Crippen LogP contribution in [0.2, 0.25) is 10.3 Å². The van der Waals surface area contributed by atoms with Gasteiger partial charge in [-0.25, -0.2) is 20.6 Å². The lowest BCUT2D eigenvalue weighted by atomic mass is 9.96. The first-order valence-corrected chi connectivity index (χ1v) is 5.48. The van der Waals surface area contributed by atoms with Gasteiger partial charge in [0.05, 0.1) is 6.04 Å². The van der Waals surface area contributed by atoms with E-state index >= 15 is 0 Å². The van der Waals surface area contributed by atoms with E-state index in [4.69, 9.17) is 34.2 Å². The topological polar surface area (TPSA) is 79.5 Å². The number of hydrogen-bond donors (Lipinski definition) is 2. The largest absolute Gasteiger partial charge is 0.464 e. The molecule has 17 heavy (non-hydrogen) atoms. The summed E-state index contributed by atoms with van der Waals surface area (Å²) in [5, 5.41) is 10.00. The van der Waals surface area contributed by atoms with Crippen LogP contribution in [-0.4, -0.2) is 21.2 Å². The Morgan fingerprint density at radius 2 is 1.88 bits per heavy atom. The summed E-state index contributed by atoms with van der Waals surface area (Å²) in [4.78, 5) is 14.7. The summed E-state index contributed by atoms with van der Waals surface area (Å²) in [6, 6.07) is 2.47. The summed E-state index contributed by atoms with van der Waals surface area (Å²) in [7, 11) is 0. The molecular formula is C10H12Cl2N3O2. The minimum absolute atomic E-state index is 0.192. The van der Waals surface area contributed by atoms with Gasteiger partial charge in [0.2, 0.25) is 0 Å².